The highest BCUT2D eigenvalue weighted by Gasteiger charge is 2.07. The summed E-state index contributed by atoms with van der Waals surface area (Å²) >= 11 is 15.5. The molecule has 1 N–H and O–H groups in total. The number of furan rings is 1. The molecule has 1 aromatic heterocycles. The fraction of sp³-hybridized carbons (Fsp3) is 0.0909. The summed E-state index contributed by atoms with van der Waals surface area (Å²) in [5.41, 5.74) is 1.77. The molecule has 0 aliphatic heterocycles. The predicted octanol–water partition coefficient (Wildman–Crippen LogP) is 4.96. The summed E-state index contributed by atoms with van der Waals surface area (Å²) in [6.45, 7) is 0.623. The van der Waals surface area contributed by atoms with E-state index in [4.69, 9.17) is 27.6 Å². The maximum absolute atomic E-state index is 6.07. The van der Waals surface area contributed by atoms with Gasteiger partial charge in [-0.15, -0.1) is 0 Å². The van der Waals surface area contributed by atoms with Gasteiger partial charge in [0.15, 0.2) is 0 Å². The van der Waals surface area contributed by atoms with Crippen LogP contribution in [0.1, 0.15) is 5.56 Å². The lowest BCUT2D eigenvalue weighted by Gasteiger charge is -2.09. The molecule has 0 amide bonds. The predicted molar refractivity (Wildman–Crippen MR) is 70.2 cm³/mol. The van der Waals surface area contributed by atoms with Crippen molar-refractivity contribution in [3.05, 3.63) is 50.8 Å². The fourth-order valence-corrected chi connectivity index (χ4v) is 2.64. The van der Waals surface area contributed by atoms with Crippen LogP contribution in [0.2, 0.25) is 10.0 Å². The van der Waals surface area contributed by atoms with Gasteiger partial charge in [0.2, 0.25) is 0 Å². The molecule has 0 radical (unpaired) electrons. The first-order valence-electron chi connectivity index (χ1n) is 4.56. The van der Waals surface area contributed by atoms with Gasteiger partial charge in [0.25, 0.3) is 0 Å². The Hall–Kier alpha value is -0.640. The Kier molecular flexibility index (Phi) is 3.79. The van der Waals surface area contributed by atoms with Gasteiger partial charge in [0, 0.05) is 16.6 Å². The van der Waals surface area contributed by atoms with E-state index in [1.807, 2.05) is 6.07 Å². The summed E-state index contributed by atoms with van der Waals surface area (Å²) in [4.78, 5) is 0. The van der Waals surface area contributed by atoms with Crippen molar-refractivity contribution in [2.45, 2.75) is 6.54 Å². The van der Waals surface area contributed by atoms with Crippen LogP contribution in [-0.2, 0) is 6.54 Å². The van der Waals surface area contributed by atoms with Gasteiger partial charge in [-0.1, -0.05) is 39.1 Å². The van der Waals surface area contributed by atoms with Gasteiger partial charge in [0.05, 0.1) is 28.3 Å². The lowest BCUT2D eigenvalue weighted by molar-refractivity contribution is 0.564. The van der Waals surface area contributed by atoms with Crippen molar-refractivity contribution >= 4 is 44.8 Å². The van der Waals surface area contributed by atoms with E-state index in [1.165, 1.54) is 0 Å². The largest absolute Gasteiger partial charge is 0.472 e. The SMILES string of the molecule is Clc1cc(Br)cc(Cl)c1NCc1ccoc1. The average molecular weight is 321 g/mol. The van der Waals surface area contributed by atoms with Gasteiger partial charge in [0.1, 0.15) is 0 Å². The Morgan fingerprint density at radius 3 is 2.50 bits per heavy atom. The molecular formula is C11H8BrCl2NO. The first-order chi connectivity index (χ1) is 7.66. The molecule has 84 valence electrons. The highest BCUT2D eigenvalue weighted by atomic mass is 79.9. The van der Waals surface area contributed by atoms with Gasteiger partial charge in [-0.05, 0) is 18.2 Å². The second kappa shape index (κ2) is 5.13. The van der Waals surface area contributed by atoms with Crippen molar-refractivity contribution in [2.75, 3.05) is 5.32 Å². The molecule has 2 aromatic rings. The number of hydrogen-bond donors (Lipinski definition) is 1. The summed E-state index contributed by atoms with van der Waals surface area (Å²) < 4.78 is 5.83. The van der Waals surface area contributed by atoms with E-state index >= 15 is 0 Å². The number of nitrogens with one attached hydrogen (secondary N) is 1. The summed E-state index contributed by atoms with van der Waals surface area (Å²) in [6.07, 6.45) is 3.30. The van der Waals surface area contributed by atoms with Gasteiger partial charge in [-0.3, -0.25) is 0 Å². The molecule has 2 rings (SSSR count). The van der Waals surface area contributed by atoms with E-state index in [0.29, 0.717) is 16.6 Å². The fourth-order valence-electron chi connectivity index (χ4n) is 1.29. The highest BCUT2D eigenvalue weighted by molar-refractivity contribution is 9.10. The molecule has 0 saturated carbocycles. The van der Waals surface area contributed by atoms with Crippen LogP contribution in [0.5, 0.6) is 0 Å². The van der Waals surface area contributed by atoms with E-state index in [1.54, 1.807) is 24.7 Å². The minimum absolute atomic E-state index is 0.586. The quantitative estimate of drug-likeness (QED) is 0.864. The molecule has 1 aromatic carbocycles. The van der Waals surface area contributed by atoms with E-state index < -0.39 is 0 Å². The molecule has 0 bridgehead atoms. The second-order valence-electron chi connectivity index (χ2n) is 3.23. The Morgan fingerprint density at radius 1 is 1.25 bits per heavy atom. The van der Waals surface area contributed by atoms with Crippen LogP contribution in [0.15, 0.2) is 39.6 Å². The zero-order valence-electron chi connectivity index (χ0n) is 8.14. The van der Waals surface area contributed by atoms with Crippen LogP contribution in [0.3, 0.4) is 0 Å². The molecule has 1 heterocycles. The molecule has 0 spiro atoms. The number of hydrogen-bond acceptors (Lipinski definition) is 2. The van der Waals surface area contributed by atoms with E-state index in [2.05, 4.69) is 21.2 Å². The second-order valence-corrected chi connectivity index (χ2v) is 4.96. The summed E-state index contributed by atoms with van der Waals surface area (Å²) in [5.74, 6) is 0. The number of benzene rings is 1. The van der Waals surface area contributed by atoms with Crippen molar-refractivity contribution < 1.29 is 4.42 Å². The number of rotatable bonds is 3. The molecule has 0 aliphatic carbocycles. The third-order valence-electron chi connectivity index (χ3n) is 2.06. The minimum Gasteiger partial charge on any atom is -0.472 e. The van der Waals surface area contributed by atoms with Crippen LogP contribution in [0.25, 0.3) is 0 Å². The smallest absolute Gasteiger partial charge is 0.0952 e. The zero-order valence-corrected chi connectivity index (χ0v) is 11.2. The molecule has 5 heteroatoms. The van der Waals surface area contributed by atoms with Crippen LogP contribution in [0, 0.1) is 0 Å². The topological polar surface area (TPSA) is 25.2 Å². The van der Waals surface area contributed by atoms with E-state index in [9.17, 15) is 0 Å². The molecule has 0 aliphatic rings. The third-order valence-corrected chi connectivity index (χ3v) is 3.11. The molecule has 0 fully saturated rings. The number of halogens is 3. The Morgan fingerprint density at radius 2 is 1.94 bits per heavy atom. The summed E-state index contributed by atoms with van der Waals surface area (Å²) in [7, 11) is 0. The van der Waals surface area contributed by atoms with Crippen molar-refractivity contribution in [2.24, 2.45) is 0 Å². The van der Waals surface area contributed by atoms with Gasteiger partial charge in [-0.25, -0.2) is 0 Å². The van der Waals surface area contributed by atoms with Crippen molar-refractivity contribution in [1.29, 1.82) is 0 Å². The highest BCUT2D eigenvalue weighted by Crippen LogP contribution is 2.34. The number of anilines is 1. The van der Waals surface area contributed by atoms with Crippen LogP contribution in [-0.4, -0.2) is 0 Å². The average Bonchev–Trinajstić information content (AvgIpc) is 2.68. The Bertz CT molecular complexity index is 462. The first-order valence-corrected chi connectivity index (χ1v) is 6.11. The minimum atomic E-state index is 0.586. The molecule has 0 saturated heterocycles. The first kappa shape index (κ1) is 11.8. The lowest BCUT2D eigenvalue weighted by atomic mass is 10.3. The van der Waals surface area contributed by atoms with Gasteiger partial charge in [-0.2, -0.15) is 0 Å². The van der Waals surface area contributed by atoms with E-state index in [-0.39, 0.29) is 0 Å². The Labute approximate surface area is 112 Å². The van der Waals surface area contributed by atoms with Crippen LogP contribution < -0.4 is 5.32 Å². The summed E-state index contributed by atoms with van der Waals surface area (Å²) in [5, 5.41) is 4.34. The molecular weight excluding hydrogens is 313 g/mol. The lowest BCUT2D eigenvalue weighted by Crippen LogP contribution is -1.99. The van der Waals surface area contributed by atoms with E-state index in [0.717, 1.165) is 15.7 Å². The third kappa shape index (κ3) is 2.73. The Balaban J connectivity index is 2.15. The zero-order chi connectivity index (χ0) is 11.5. The van der Waals surface area contributed by atoms with Crippen molar-refractivity contribution in [3.8, 4) is 0 Å². The maximum atomic E-state index is 6.07. The monoisotopic (exact) mass is 319 g/mol. The molecule has 0 unspecified atom stereocenters. The summed E-state index contributed by atoms with van der Waals surface area (Å²) in [6, 6.07) is 5.48. The van der Waals surface area contributed by atoms with Crippen molar-refractivity contribution in [1.82, 2.24) is 0 Å². The maximum Gasteiger partial charge on any atom is 0.0952 e. The molecule has 16 heavy (non-hydrogen) atoms. The van der Waals surface area contributed by atoms with Crippen LogP contribution >= 0.6 is 39.1 Å². The van der Waals surface area contributed by atoms with Gasteiger partial charge < -0.3 is 9.73 Å². The van der Waals surface area contributed by atoms with Crippen LogP contribution in [0.4, 0.5) is 5.69 Å². The molecule has 0 atom stereocenters. The standard InChI is InChI=1S/C11H8BrCl2NO/c12-8-3-9(13)11(10(14)4-8)15-5-7-1-2-16-6-7/h1-4,6,15H,5H2. The normalized spacial score (nSPS) is 10.4. The van der Waals surface area contributed by atoms with Gasteiger partial charge >= 0.3 is 0 Å². The van der Waals surface area contributed by atoms with Crippen molar-refractivity contribution in [3.63, 3.8) is 0 Å². The molecule has 2 nitrogen and oxygen atoms in total.